The van der Waals surface area contributed by atoms with Gasteiger partial charge in [-0.1, -0.05) is 56.3 Å². The highest BCUT2D eigenvalue weighted by atomic mass is 16.5. The van der Waals surface area contributed by atoms with Crippen LogP contribution in [0.3, 0.4) is 0 Å². The summed E-state index contributed by atoms with van der Waals surface area (Å²) in [7, 11) is 1.33. The lowest BCUT2D eigenvalue weighted by Gasteiger charge is -2.39. The molecule has 1 N–H and O–H groups in total. The molecule has 2 aromatic rings. The smallest absolute Gasteiger partial charge is 0.337 e. The lowest BCUT2D eigenvalue weighted by molar-refractivity contribution is -0.139. The molecular formula is C29H31NO5. The van der Waals surface area contributed by atoms with E-state index in [0.29, 0.717) is 41.7 Å². The van der Waals surface area contributed by atoms with Gasteiger partial charge in [0.1, 0.15) is 0 Å². The number of hydrogen-bond acceptors (Lipinski definition) is 6. The Morgan fingerprint density at radius 1 is 1.00 bits per heavy atom. The summed E-state index contributed by atoms with van der Waals surface area (Å²) in [6.07, 6.45) is 1.71. The molecule has 182 valence electrons. The second-order valence-electron chi connectivity index (χ2n) is 9.91. The van der Waals surface area contributed by atoms with Crippen molar-refractivity contribution >= 4 is 17.7 Å². The van der Waals surface area contributed by atoms with E-state index in [9.17, 15) is 14.4 Å². The summed E-state index contributed by atoms with van der Waals surface area (Å²) in [6, 6.07) is 16.7. The topological polar surface area (TPSA) is 81.7 Å². The van der Waals surface area contributed by atoms with Crippen molar-refractivity contribution in [3.8, 4) is 0 Å². The molecule has 35 heavy (non-hydrogen) atoms. The van der Waals surface area contributed by atoms with Crippen LogP contribution in [-0.2, 0) is 25.5 Å². The summed E-state index contributed by atoms with van der Waals surface area (Å²) in [6.45, 7) is 6.23. The lowest BCUT2D eigenvalue weighted by Crippen LogP contribution is -2.38. The zero-order valence-electron chi connectivity index (χ0n) is 20.6. The van der Waals surface area contributed by atoms with Gasteiger partial charge in [-0.2, -0.15) is 0 Å². The molecule has 0 saturated carbocycles. The summed E-state index contributed by atoms with van der Waals surface area (Å²) in [5, 5.41) is 3.35. The third-order valence-electron chi connectivity index (χ3n) is 6.59. The number of hydrogen-bond donors (Lipinski definition) is 1. The Balaban J connectivity index is 1.68. The van der Waals surface area contributed by atoms with Crippen LogP contribution in [0.2, 0.25) is 0 Å². The first kappa shape index (κ1) is 24.5. The zero-order chi connectivity index (χ0) is 25.2. The molecule has 0 unspecified atom stereocenters. The van der Waals surface area contributed by atoms with Crippen LogP contribution in [0.25, 0.3) is 0 Å². The van der Waals surface area contributed by atoms with Gasteiger partial charge in [0, 0.05) is 35.7 Å². The number of methoxy groups -OCH3 is 1. The zero-order valence-corrected chi connectivity index (χ0v) is 20.6. The first-order chi connectivity index (χ1) is 16.7. The predicted molar refractivity (Wildman–Crippen MR) is 133 cm³/mol. The van der Waals surface area contributed by atoms with Gasteiger partial charge in [-0.05, 0) is 42.0 Å². The summed E-state index contributed by atoms with van der Waals surface area (Å²) in [4.78, 5) is 38.7. The Labute approximate surface area is 206 Å². The van der Waals surface area contributed by atoms with Crippen molar-refractivity contribution in [2.24, 2.45) is 5.41 Å². The number of esters is 2. The van der Waals surface area contributed by atoms with Crippen LogP contribution in [0.5, 0.6) is 0 Å². The molecule has 0 amide bonds. The SMILES string of the molecule is COC(=O)c1ccc([C@@H]2C(C(=O)OCCc3ccccc3)=C(C)NC3=C2C(=O)CC(C)(C)C3)cc1. The Kier molecular flexibility index (Phi) is 6.92. The van der Waals surface area contributed by atoms with Crippen molar-refractivity contribution in [1.29, 1.82) is 0 Å². The fraction of sp³-hybridized carbons (Fsp3) is 0.345. The van der Waals surface area contributed by atoms with Gasteiger partial charge < -0.3 is 14.8 Å². The molecule has 0 saturated heterocycles. The summed E-state index contributed by atoms with van der Waals surface area (Å²) >= 11 is 0. The minimum atomic E-state index is -0.564. The average Bonchev–Trinajstić information content (AvgIpc) is 2.82. The fourth-order valence-electron chi connectivity index (χ4n) is 4.95. The number of nitrogens with one attached hydrogen (secondary N) is 1. The van der Waals surface area contributed by atoms with Crippen LogP contribution < -0.4 is 5.32 Å². The molecule has 2 aromatic carbocycles. The maximum Gasteiger partial charge on any atom is 0.337 e. The van der Waals surface area contributed by atoms with Crippen LogP contribution in [-0.4, -0.2) is 31.4 Å². The van der Waals surface area contributed by atoms with Gasteiger partial charge in [-0.25, -0.2) is 9.59 Å². The van der Waals surface area contributed by atoms with Crippen LogP contribution in [0, 0.1) is 5.41 Å². The molecule has 0 aromatic heterocycles. The van der Waals surface area contributed by atoms with E-state index in [4.69, 9.17) is 9.47 Å². The molecular weight excluding hydrogens is 442 g/mol. The van der Waals surface area contributed by atoms with Gasteiger partial charge in [0.15, 0.2) is 5.78 Å². The second-order valence-corrected chi connectivity index (χ2v) is 9.91. The minimum absolute atomic E-state index is 0.0212. The predicted octanol–water partition coefficient (Wildman–Crippen LogP) is 4.86. The van der Waals surface area contributed by atoms with Gasteiger partial charge >= 0.3 is 11.9 Å². The third-order valence-corrected chi connectivity index (χ3v) is 6.59. The highest BCUT2D eigenvalue weighted by Gasteiger charge is 2.43. The molecule has 1 aliphatic carbocycles. The van der Waals surface area contributed by atoms with E-state index in [1.165, 1.54) is 7.11 Å². The molecule has 4 rings (SSSR count). The number of rotatable bonds is 6. The van der Waals surface area contributed by atoms with Crippen molar-refractivity contribution in [2.45, 2.75) is 46.0 Å². The summed E-state index contributed by atoms with van der Waals surface area (Å²) in [5.41, 5.74) is 4.64. The number of benzene rings is 2. The molecule has 1 atom stereocenters. The van der Waals surface area contributed by atoms with Crippen molar-refractivity contribution < 1.29 is 23.9 Å². The van der Waals surface area contributed by atoms with Crippen molar-refractivity contribution in [3.63, 3.8) is 0 Å². The van der Waals surface area contributed by atoms with Gasteiger partial charge in [0.25, 0.3) is 0 Å². The summed E-state index contributed by atoms with van der Waals surface area (Å²) < 4.78 is 10.5. The summed E-state index contributed by atoms with van der Waals surface area (Å²) in [5.74, 6) is -1.43. The van der Waals surface area contributed by atoms with E-state index in [1.54, 1.807) is 24.3 Å². The molecule has 0 spiro atoms. The number of carbonyl (C=O) groups is 3. The van der Waals surface area contributed by atoms with Crippen molar-refractivity contribution in [3.05, 3.63) is 93.8 Å². The normalized spacial score (nSPS) is 19.1. The number of Topliss-reactive ketones (excluding diaryl/α,β-unsaturated/α-hetero) is 1. The highest BCUT2D eigenvalue weighted by molar-refractivity contribution is 6.04. The first-order valence-electron chi connectivity index (χ1n) is 11.8. The fourth-order valence-corrected chi connectivity index (χ4v) is 4.95. The van der Waals surface area contributed by atoms with E-state index in [0.717, 1.165) is 16.8 Å². The van der Waals surface area contributed by atoms with Crippen LogP contribution in [0.15, 0.2) is 77.1 Å². The minimum Gasteiger partial charge on any atom is -0.465 e. The monoisotopic (exact) mass is 473 g/mol. The van der Waals surface area contributed by atoms with E-state index in [1.807, 2.05) is 37.3 Å². The third kappa shape index (κ3) is 5.21. The number of ketones is 1. The Bertz CT molecular complexity index is 1210. The molecule has 6 nitrogen and oxygen atoms in total. The molecule has 0 radical (unpaired) electrons. The van der Waals surface area contributed by atoms with E-state index < -0.39 is 17.9 Å². The largest absolute Gasteiger partial charge is 0.465 e. The van der Waals surface area contributed by atoms with E-state index >= 15 is 0 Å². The number of allylic oxidation sites excluding steroid dienone is 3. The van der Waals surface area contributed by atoms with Gasteiger partial charge in [0.05, 0.1) is 24.9 Å². The second kappa shape index (κ2) is 9.90. The highest BCUT2D eigenvalue weighted by Crippen LogP contribution is 2.46. The van der Waals surface area contributed by atoms with Crippen LogP contribution in [0.1, 0.15) is 61.0 Å². The lowest BCUT2D eigenvalue weighted by atomic mass is 9.68. The average molecular weight is 474 g/mol. The van der Waals surface area contributed by atoms with Crippen LogP contribution in [0.4, 0.5) is 0 Å². The molecule has 1 aliphatic heterocycles. The maximum atomic E-state index is 13.4. The molecule has 1 heterocycles. The first-order valence-corrected chi connectivity index (χ1v) is 11.8. The van der Waals surface area contributed by atoms with Gasteiger partial charge in [0.2, 0.25) is 0 Å². The number of ether oxygens (including phenoxy) is 2. The Morgan fingerprint density at radius 3 is 2.34 bits per heavy atom. The van der Waals surface area contributed by atoms with Gasteiger partial charge in [-0.15, -0.1) is 0 Å². The van der Waals surface area contributed by atoms with Crippen LogP contribution >= 0.6 is 0 Å². The van der Waals surface area contributed by atoms with Crippen molar-refractivity contribution in [2.75, 3.05) is 13.7 Å². The molecule has 0 fully saturated rings. The number of carbonyl (C=O) groups excluding carboxylic acids is 3. The van der Waals surface area contributed by atoms with E-state index in [2.05, 4.69) is 19.2 Å². The standard InChI is InChI=1S/C29H31NO5/c1-18-24(28(33)35-15-14-19-8-6-5-7-9-19)25(20-10-12-21(13-11-20)27(32)34-4)26-22(30-18)16-29(2,3)17-23(26)31/h5-13,25,30H,14-17H2,1-4H3/t25-/m1/s1. The Hall–Kier alpha value is -3.67. The number of dihydropyridines is 1. The molecule has 6 heteroatoms. The Morgan fingerprint density at radius 2 is 1.69 bits per heavy atom. The molecule has 2 aliphatic rings. The van der Waals surface area contributed by atoms with Gasteiger partial charge in [-0.3, -0.25) is 4.79 Å². The quantitative estimate of drug-likeness (QED) is 0.604. The van der Waals surface area contributed by atoms with E-state index in [-0.39, 0.29) is 17.8 Å². The maximum absolute atomic E-state index is 13.4. The molecule has 0 bridgehead atoms. The van der Waals surface area contributed by atoms with Crippen molar-refractivity contribution in [1.82, 2.24) is 5.32 Å².